The molecule has 17 heavy (non-hydrogen) atoms. The van der Waals surface area contributed by atoms with Gasteiger partial charge in [0.15, 0.2) is 0 Å². The Morgan fingerprint density at radius 1 is 1.24 bits per heavy atom. The zero-order valence-corrected chi connectivity index (χ0v) is 12.5. The fraction of sp³-hybridized carbons (Fsp3) is 0.250. The minimum atomic E-state index is -3.75. The third-order valence-corrected chi connectivity index (χ3v) is 4.81. The Morgan fingerprint density at radius 3 is 2.18 bits per heavy atom. The Balaban J connectivity index is 3.13. The van der Waals surface area contributed by atoms with E-state index < -0.39 is 13.3 Å². The molecular formula is C8H9Cl3N2O2S2. The van der Waals surface area contributed by atoms with Gasteiger partial charge in [-0.3, -0.25) is 0 Å². The summed E-state index contributed by atoms with van der Waals surface area (Å²) in [6, 6.07) is 8.32. The number of anilines is 1. The number of nitrogens with one attached hydrogen (secondary N) is 1. The first-order valence-electron chi connectivity index (χ1n) is 4.31. The summed E-state index contributed by atoms with van der Waals surface area (Å²) >= 11 is 17.4. The molecule has 0 bridgehead atoms. The smallest absolute Gasteiger partial charge is 0.200 e. The second kappa shape index (κ2) is 5.86. The molecule has 0 heterocycles. The molecule has 0 aromatic heterocycles. The van der Waals surface area contributed by atoms with Crippen LogP contribution in [0, 0.1) is 0 Å². The van der Waals surface area contributed by atoms with Gasteiger partial charge in [0.2, 0.25) is 0 Å². The van der Waals surface area contributed by atoms with Gasteiger partial charge >= 0.3 is 10.2 Å². The number of benzene rings is 1. The van der Waals surface area contributed by atoms with E-state index >= 15 is 0 Å². The van der Waals surface area contributed by atoms with Gasteiger partial charge in [-0.15, -0.1) is 0 Å². The standard InChI is InChI=1S/C8H9Cl3N2O2S2/c1-12-17(14,15)13(16-8(9,10)11)7-5-3-2-4-6-7/h2-6,12H,1H3. The highest BCUT2D eigenvalue weighted by Crippen LogP contribution is 2.43. The van der Waals surface area contributed by atoms with Crippen molar-refractivity contribution < 1.29 is 8.42 Å². The van der Waals surface area contributed by atoms with Crippen molar-refractivity contribution in [2.24, 2.45) is 0 Å². The molecule has 0 amide bonds. The van der Waals surface area contributed by atoms with Crippen LogP contribution in [0.3, 0.4) is 0 Å². The van der Waals surface area contributed by atoms with Crippen molar-refractivity contribution in [3.63, 3.8) is 0 Å². The van der Waals surface area contributed by atoms with Gasteiger partial charge in [-0.05, 0) is 12.1 Å². The lowest BCUT2D eigenvalue weighted by Gasteiger charge is -2.25. The van der Waals surface area contributed by atoms with Gasteiger partial charge in [-0.1, -0.05) is 53.0 Å². The normalized spacial score (nSPS) is 12.5. The first-order chi connectivity index (χ1) is 7.76. The van der Waals surface area contributed by atoms with Gasteiger partial charge in [-0.25, -0.2) is 0 Å². The SMILES string of the molecule is CNS(=O)(=O)N(SC(Cl)(Cl)Cl)c1ccccc1. The van der Waals surface area contributed by atoms with E-state index in [0.29, 0.717) is 17.6 Å². The summed E-state index contributed by atoms with van der Waals surface area (Å²) in [4.78, 5) is 0. The quantitative estimate of drug-likeness (QED) is 0.680. The van der Waals surface area contributed by atoms with Crippen LogP contribution in [0.2, 0.25) is 0 Å². The summed E-state index contributed by atoms with van der Waals surface area (Å²) in [7, 11) is -2.47. The van der Waals surface area contributed by atoms with Crippen LogP contribution >= 0.6 is 46.8 Å². The Morgan fingerprint density at radius 2 is 1.76 bits per heavy atom. The molecule has 1 aromatic rings. The number of hydrogen-bond donors (Lipinski definition) is 1. The maximum atomic E-state index is 11.8. The molecule has 4 nitrogen and oxygen atoms in total. The molecule has 1 rings (SSSR count). The third kappa shape index (κ3) is 4.73. The number of rotatable bonds is 4. The molecule has 0 saturated carbocycles. The Bertz CT molecular complexity index is 461. The second-order valence-corrected chi connectivity index (χ2v) is 8.88. The highest BCUT2D eigenvalue weighted by molar-refractivity contribution is 8.17. The monoisotopic (exact) mass is 334 g/mol. The molecule has 0 unspecified atom stereocenters. The van der Waals surface area contributed by atoms with E-state index in [2.05, 4.69) is 4.72 Å². The average molecular weight is 336 g/mol. The van der Waals surface area contributed by atoms with Crippen LogP contribution in [0.15, 0.2) is 30.3 Å². The molecular weight excluding hydrogens is 327 g/mol. The lowest BCUT2D eigenvalue weighted by Crippen LogP contribution is -2.35. The number of alkyl halides is 3. The van der Waals surface area contributed by atoms with E-state index in [1.807, 2.05) is 0 Å². The summed E-state index contributed by atoms with van der Waals surface area (Å²) in [6.07, 6.45) is 0. The largest absolute Gasteiger partial charge is 0.311 e. The minimum Gasteiger partial charge on any atom is -0.200 e. The summed E-state index contributed by atoms with van der Waals surface area (Å²) in [6.45, 7) is 0. The fourth-order valence-electron chi connectivity index (χ4n) is 0.967. The van der Waals surface area contributed by atoms with Crippen LogP contribution < -0.4 is 8.43 Å². The van der Waals surface area contributed by atoms with E-state index in [1.165, 1.54) is 7.05 Å². The molecule has 0 aliphatic rings. The maximum absolute atomic E-state index is 11.8. The predicted octanol–water partition coefficient (Wildman–Crippen LogP) is 2.93. The van der Waals surface area contributed by atoms with Crippen molar-refractivity contribution in [2.75, 3.05) is 10.8 Å². The van der Waals surface area contributed by atoms with Gasteiger partial charge in [0.05, 0.1) is 5.69 Å². The van der Waals surface area contributed by atoms with Crippen LogP contribution in [0.25, 0.3) is 0 Å². The third-order valence-electron chi connectivity index (χ3n) is 1.63. The van der Waals surface area contributed by atoms with Crippen LogP contribution in [-0.2, 0) is 10.2 Å². The van der Waals surface area contributed by atoms with Crippen molar-refractivity contribution in [3.8, 4) is 0 Å². The molecule has 0 aliphatic carbocycles. The fourth-order valence-corrected chi connectivity index (χ4v) is 3.89. The molecule has 1 N–H and O–H groups in total. The summed E-state index contributed by atoms with van der Waals surface area (Å²) in [5, 5.41) is 0. The number of nitrogens with zero attached hydrogens (tertiary/aromatic N) is 1. The number of halogens is 3. The first-order valence-corrected chi connectivity index (χ1v) is 7.66. The summed E-state index contributed by atoms with van der Waals surface area (Å²) < 4.78 is 24.9. The van der Waals surface area contributed by atoms with Gasteiger partial charge in [-0.2, -0.15) is 16.9 Å². The van der Waals surface area contributed by atoms with E-state index in [0.717, 1.165) is 3.71 Å². The topological polar surface area (TPSA) is 49.4 Å². The first kappa shape index (κ1) is 15.2. The van der Waals surface area contributed by atoms with Gasteiger partial charge in [0, 0.05) is 19.0 Å². The summed E-state index contributed by atoms with van der Waals surface area (Å²) in [5.41, 5.74) is 0.387. The van der Waals surface area contributed by atoms with Crippen molar-refractivity contribution in [1.29, 1.82) is 0 Å². The average Bonchev–Trinajstić information content (AvgIpc) is 2.26. The van der Waals surface area contributed by atoms with Crippen molar-refractivity contribution in [1.82, 2.24) is 4.72 Å². The zero-order valence-electron chi connectivity index (χ0n) is 8.60. The van der Waals surface area contributed by atoms with Crippen LogP contribution in [-0.4, -0.2) is 18.6 Å². The van der Waals surface area contributed by atoms with Gasteiger partial charge in [0.1, 0.15) is 0 Å². The van der Waals surface area contributed by atoms with Crippen LogP contribution in [0.4, 0.5) is 5.69 Å². The molecule has 0 aliphatic heterocycles. The van der Waals surface area contributed by atoms with E-state index in [1.54, 1.807) is 30.3 Å². The van der Waals surface area contributed by atoms with E-state index in [4.69, 9.17) is 34.8 Å². The minimum absolute atomic E-state index is 0.387. The molecule has 0 radical (unpaired) electrons. The van der Waals surface area contributed by atoms with E-state index in [-0.39, 0.29) is 0 Å². The zero-order chi connectivity index (χ0) is 13.1. The molecule has 0 fully saturated rings. The molecule has 9 heteroatoms. The Kier molecular flexibility index (Phi) is 5.24. The van der Waals surface area contributed by atoms with Crippen molar-refractivity contribution in [2.45, 2.75) is 3.12 Å². The molecule has 0 spiro atoms. The van der Waals surface area contributed by atoms with E-state index in [9.17, 15) is 8.42 Å². The van der Waals surface area contributed by atoms with Crippen LogP contribution in [0.1, 0.15) is 0 Å². The lowest BCUT2D eigenvalue weighted by atomic mass is 10.3. The Hall–Kier alpha value is 0.150. The number of hydrogen-bond acceptors (Lipinski definition) is 3. The van der Waals surface area contributed by atoms with Crippen molar-refractivity contribution >= 4 is 62.6 Å². The van der Waals surface area contributed by atoms with Crippen molar-refractivity contribution in [3.05, 3.63) is 30.3 Å². The van der Waals surface area contributed by atoms with Gasteiger partial charge < -0.3 is 0 Å². The molecule has 0 atom stereocenters. The molecule has 96 valence electrons. The van der Waals surface area contributed by atoms with Crippen LogP contribution in [0.5, 0.6) is 0 Å². The highest BCUT2D eigenvalue weighted by Gasteiger charge is 2.32. The summed E-state index contributed by atoms with van der Waals surface area (Å²) in [5.74, 6) is 0. The maximum Gasteiger partial charge on any atom is 0.311 e. The number of para-hydroxylation sites is 1. The van der Waals surface area contributed by atoms with Gasteiger partial charge in [0.25, 0.3) is 3.12 Å². The highest BCUT2D eigenvalue weighted by atomic mass is 35.6. The Labute approximate surface area is 120 Å². The molecule has 1 aromatic carbocycles. The lowest BCUT2D eigenvalue weighted by molar-refractivity contribution is 0.590. The predicted molar refractivity (Wildman–Crippen MR) is 74.8 cm³/mol. The second-order valence-electron chi connectivity index (χ2n) is 2.81. The molecule has 0 saturated heterocycles.